The number of halogens is 6. The summed E-state index contributed by atoms with van der Waals surface area (Å²) in [4.78, 5) is 13.0. The summed E-state index contributed by atoms with van der Waals surface area (Å²) >= 11 is -0.305. The van der Waals surface area contributed by atoms with Crippen molar-refractivity contribution >= 4 is 29.1 Å². The minimum absolute atomic E-state index is 0.00555. The second-order valence-electron chi connectivity index (χ2n) is 8.29. The predicted molar refractivity (Wildman–Crippen MR) is 130 cm³/mol. The van der Waals surface area contributed by atoms with Crippen LogP contribution in [0.2, 0.25) is 0 Å². The van der Waals surface area contributed by atoms with Crippen LogP contribution in [0.5, 0.6) is 0 Å². The predicted octanol–water partition coefficient (Wildman–Crippen LogP) is 8.26. The Morgan fingerprint density at radius 3 is 2.27 bits per heavy atom. The summed E-state index contributed by atoms with van der Waals surface area (Å²) in [6.45, 7) is 3.39. The highest BCUT2D eigenvalue weighted by Gasteiger charge is 2.32. The highest BCUT2D eigenvalue weighted by molar-refractivity contribution is 8.00. The summed E-state index contributed by atoms with van der Waals surface area (Å²) in [5.41, 5.74) is -4.81. The van der Waals surface area contributed by atoms with E-state index in [-0.39, 0.29) is 38.9 Å². The highest BCUT2D eigenvalue weighted by Crippen LogP contribution is 2.39. The van der Waals surface area contributed by atoms with E-state index in [1.54, 1.807) is 13.8 Å². The molecule has 0 aliphatic carbocycles. The van der Waals surface area contributed by atoms with Gasteiger partial charge < -0.3 is 4.74 Å². The van der Waals surface area contributed by atoms with E-state index in [2.05, 4.69) is 5.92 Å². The Kier molecular flexibility index (Phi) is 8.81. The Morgan fingerprint density at radius 1 is 1.00 bits per heavy atom. The minimum Gasteiger partial charge on any atom is -0.444 e. The van der Waals surface area contributed by atoms with Crippen LogP contribution in [0.3, 0.4) is 0 Å². The van der Waals surface area contributed by atoms with Crippen LogP contribution >= 0.6 is 11.8 Å². The number of carbonyl (C=O) groups excluding carboxylic acids is 1. The normalized spacial score (nSPS) is 13.1. The monoisotopic (exact) mass is 537 g/mol. The van der Waals surface area contributed by atoms with Crippen molar-refractivity contribution in [1.82, 2.24) is 0 Å². The molecule has 0 saturated carbocycles. The number of hydrogen-bond acceptors (Lipinski definition) is 4. The fourth-order valence-corrected chi connectivity index (χ4v) is 4.25. The van der Waals surface area contributed by atoms with Crippen LogP contribution in [0, 0.1) is 29.9 Å². The van der Waals surface area contributed by atoms with Gasteiger partial charge in [-0.3, -0.25) is 4.79 Å². The lowest BCUT2D eigenvalue weighted by molar-refractivity contribution is -0.149. The summed E-state index contributed by atoms with van der Waals surface area (Å²) in [7, 11) is 0. The second-order valence-corrected chi connectivity index (χ2v) is 9.43. The van der Waals surface area contributed by atoms with Crippen molar-refractivity contribution in [2.45, 2.75) is 36.3 Å². The van der Waals surface area contributed by atoms with Crippen LogP contribution in [0.15, 0.2) is 71.6 Å². The number of benzene rings is 3. The number of thioether (sulfide) groups is 1. The highest BCUT2D eigenvalue weighted by atomic mass is 32.2. The van der Waals surface area contributed by atoms with Crippen LogP contribution in [0.1, 0.15) is 37.0 Å². The number of alkyl halides is 3. The molecule has 3 nitrogen and oxygen atoms in total. The molecule has 0 spiro atoms. The molecule has 0 amide bonds. The molecule has 0 radical (unpaired) electrons. The summed E-state index contributed by atoms with van der Waals surface area (Å²) < 4.78 is 86.4. The minimum atomic E-state index is -4.50. The van der Waals surface area contributed by atoms with E-state index in [0.29, 0.717) is 5.56 Å². The Morgan fingerprint density at radius 2 is 1.68 bits per heavy atom. The molecule has 0 N–H and O–H groups in total. The van der Waals surface area contributed by atoms with Crippen molar-refractivity contribution in [3.05, 3.63) is 89.5 Å². The molecule has 0 aromatic heterocycles. The lowest BCUT2D eigenvalue weighted by atomic mass is 9.88. The maximum Gasteiger partial charge on any atom is 0.446 e. The van der Waals surface area contributed by atoms with E-state index in [1.807, 2.05) is 0 Å². The molecule has 3 rings (SSSR count). The number of carbonyl (C=O) groups is 1. The molecule has 37 heavy (non-hydrogen) atoms. The SMILES string of the molecule is C#CC(OC(=O)C(c1cccc(SC(F)(F)F)c1)C(C)C)c1ccc(F)c(N(F)c2ccc(F)cc2)c1. The fraction of sp³-hybridized carbons (Fsp3) is 0.222. The van der Waals surface area contributed by atoms with Crippen LogP contribution < -0.4 is 5.12 Å². The Balaban J connectivity index is 1.87. The fourth-order valence-electron chi connectivity index (χ4n) is 3.64. The van der Waals surface area contributed by atoms with Gasteiger partial charge in [-0.2, -0.15) is 18.3 Å². The van der Waals surface area contributed by atoms with Gasteiger partial charge in [0.2, 0.25) is 0 Å². The smallest absolute Gasteiger partial charge is 0.444 e. The van der Waals surface area contributed by atoms with Gasteiger partial charge in [-0.25, -0.2) is 8.78 Å². The molecule has 0 aliphatic rings. The van der Waals surface area contributed by atoms with E-state index < -0.39 is 40.8 Å². The van der Waals surface area contributed by atoms with Crippen molar-refractivity contribution in [3.63, 3.8) is 0 Å². The van der Waals surface area contributed by atoms with Crippen LogP contribution in [0.4, 0.5) is 37.8 Å². The van der Waals surface area contributed by atoms with E-state index in [9.17, 15) is 31.2 Å². The molecule has 0 fully saturated rings. The van der Waals surface area contributed by atoms with Crippen molar-refractivity contribution < 1.29 is 36.0 Å². The van der Waals surface area contributed by atoms with Gasteiger partial charge in [0.25, 0.3) is 0 Å². The van der Waals surface area contributed by atoms with Gasteiger partial charge in [0, 0.05) is 10.5 Å². The van der Waals surface area contributed by atoms with Crippen LogP contribution in [-0.4, -0.2) is 11.5 Å². The molecule has 3 aromatic carbocycles. The molecule has 194 valence electrons. The summed E-state index contributed by atoms with van der Waals surface area (Å²) in [6, 6.07) is 12.9. The Hall–Kier alpha value is -3.58. The first-order valence-electron chi connectivity index (χ1n) is 10.9. The molecule has 2 atom stereocenters. The number of ether oxygens (including phenoxy) is 1. The molecule has 0 aliphatic heterocycles. The molecule has 0 saturated heterocycles. The third kappa shape index (κ3) is 7.23. The van der Waals surface area contributed by atoms with Crippen LogP contribution in [0.25, 0.3) is 0 Å². The summed E-state index contributed by atoms with van der Waals surface area (Å²) in [5.74, 6) is -1.43. The molecular formula is C27H21F6NO2S. The number of esters is 1. The molecular weight excluding hydrogens is 516 g/mol. The lowest BCUT2D eigenvalue weighted by Gasteiger charge is -2.23. The first-order chi connectivity index (χ1) is 17.4. The van der Waals surface area contributed by atoms with Crippen molar-refractivity contribution in [3.8, 4) is 12.3 Å². The average molecular weight is 538 g/mol. The van der Waals surface area contributed by atoms with Gasteiger partial charge in [0.15, 0.2) is 6.10 Å². The largest absolute Gasteiger partial charge is 0.446 e. The van der Waals surface area contributed by atoms with Crippen molar-refractivity contribution in [2.75, 3.05) is 5.12 Å². The molecule has 2 unspecified atom stereocenters. The number of rotatable bonds is 8. The van der Waals surface area contributed by atoms with E-state index in [1.165, 1.54) is 30.3 Å². The van der Waals surface area contributed by atoms with Gasteiger partial charge in [-0.15, -0.1) is 6.42 Å². The van der Waals surface area contributed by atoms with Crippen molar-refractivity contribution in [1.29, 1.82) is 0 Å². The molecule has 0 bridgehead atoms. The zero-order valence-corrected chi connectivity index (χ0v) is 20.4. The third-order valence-electron chi connectivity index (χ3n) is 5.29. The van der Waals surface area contributed by atoms with E-state index in [0.717, 1.165) is 36.4 Å². The molecule has 3 aromatic rings. The lowest BCUT2D eigenvalue weighted by Crippen LogP contribution is -2.23. The number of hydrogen-bond donors (Lipinski definition) is 0. The first kappa shape index (κ1) is 28.0. The van der Waals surface area contributed by atoms with Gasteiger partial charge in [0.05, 0.1) is 11.6 Å². The van der Waals surface area contributed by atoms with Gasteiger partial charge in [0.1, 0.15) is 17.3 Å². The average Bonchev–Trinajstić information content (AvgIpc) is 2.82. The second kappa shape index (κ2) is 11.6. The first-order valence-corrected chi connectivity index (χ1v) is 11.7. The maximum absolute atomic E-state index is 14.9. The molecule has 0 heterocycles. The van der Waals surface area contributed by atoms with Gasteiger partial charge in [-0.05, 0) is 71.8 Å². The van der Waals surface area contributed by atoms with E-state index in [4.69, 9.17) is 11.2 Å². The number of nitrogens with zero attached hydrogens (tertiary/aromatic N) is 1. The third-order valence-corrected chi connectivity index (χ3v) is 6.02. The Labute approximate surface area is 214 Å². The zero-order chi connectivity index (χ0) is 27.3. The summed E-state index contributed by atoms with van der Waals surface area (Å²) in [5, 5.41) is -0.00555. The van der Waals surface area contributed by atoms with Gasteiger partial charge >= 0.3 is 11.5 Å². The quantitative estimate of drug-likeness (QED) is 0.0951. The van der Waals surface area contributed by atoms with Crippen molar-refractivity contribution in [2.24, 2.45) is 5.92 Å². The topological polar surface area (TPSA) is 29.5 Å². The number of terminal acetylenes is 1. The number of anilines is 2. The van der Waals surface area contributed by atoms with Crippen LogP contribution in [-0.2, 0) is 9.53 Å². The van der Waals surface area contributed by atoms with Gasteiger partial charge in [-0.1, -0.05) is 42.4 Å². The summed E-state index contributed by atoms with van der Waals surface area (Å²) in [6.07, 6.45) is 4.21. The van der Waals surface area contributed by atoms with E-state index >= 15 is 0 Å². The zero-order valence-electron chi connectivity index (χ0n) is 19.6. The Bertz CT molecular complexity index is 1290. The molecule has 10 heteroatoms. The standard InChI is InChI=1S/C27H21F6NO2S/c1-4-24(17-8-13-22(29)23(15-17)34(33)20-11-9-19(28)10-12-20)36-26(35)25(16(2)3)18-6-5-7-21(14-18)37-27(30,31)32/h1,5-16,24-25H,2-3H3. The maximum atomic E-state index is 14.9.